The van der Waals surface area contributed by atoms with Gasteiger partial charge in [-0.25, -0.2) is 8.42 Å². The molecule has 0 N–H and O–H groups in total. The molecule has 5 heteroatoms. The summed E-state index contributed by atoms with van der Waals surface area (Å²) in [7, 11) is -3.45. The van der Waals surface area contributed by atoms with E-state index >= 15 is 0 Å². The Morgan fingerprint density at radius 3 is 2.26 bits per heavy atom. The summed E-state index contributed by atoms with van der Waals surface area (Å²) in [5.74, 6) is 0. The average Bonchev–Trinajstić information content (AvgIpc) is 2.38. The zero-order valence-corrected chi connectivity index (χ0v) is 12.9. The monoisotopic (exact) mass is 356 g/mol. The maximum Gasteiger partial charge on any atom is 0.199 e. The summed E-state index contributed by atoms with van der Waals surface area (Å²) in [6, 6.07) is 13.6. The maximum absolute atomic E-state index is 12.1. The van der Waals surface area contributed by atoms with Gasteiger partial charge in [0.05, 0.1) is 4.90 Å². The van der Waals surface area contributed by atoms with Crippen molar-refractivity contribution in [3.8, 4) is 0 Å². The molecule has 0 bridgehead atoms. The quantitative estimate of drug-likeness (QED) is 0.807. The first-order chi connectivity index (χ1) is 8.99. The Balaban J connectivity index is 2.32. The topological polar surface area (TPSA) is 34.1 Å². The van der Waals surface area contributed by atoms with Gasteiger partial charge in [0.15, 0.2) is 9.84 Å². The molecule has 0 radical (unpaired) electrons. The van der Waals surface area contributed by atoms with Gasteiger partial charge < -0.3 is 0 Å². The highest BCUT2D eigenvalue weighted by Crippen LogP contribution is 2.20. The first kappa shape index (κ1) is 14.3. The van der Waals surface area contributed by atoms with E-state index in [2.05, 4.69) is 15.9 Å². The van der Waals surface area contributed by atoms with Crippen LogP contribution in [0.2, 0.25) is 5.02 Å². The Bertz CT molecular complexity index is 706. The van der Waals surface area contributed by atoms with Gasteiger partial charge in [0, 0.05) is 14.9 Å². The maximum atomic E-state index is 12.1. The molecule has 0 atom stereocenters. The van der Waals surface area contributed by atoms with Crippen LogP contribution in [0.1, 0.15) is 5.56 Å². The molecule has 19 heavy (non-hydrogen) atoms. The Morgan fingerprint density at radius 2 is 1.63 bits per heavy atom. The van der Waals surface area contributed by atoms with Gasteiger partial charge >= 0.3 is 0 Å². The van der Waals surface area contributed by atoms with E-state index < -0.39 is 9.84 Å². The predicted molar refractivity (Wildman–Crippen MR) is 81.8 cm³/mol. The van der Waals surface area contributed by atoms with E-state index in [1.165, 1.54) is 6.08 Å². The van der Waals surface area contributed by atoms with Crippen molar-refractivity contribution in [3.63, 3.8) is 0 Å². The number of benzene rings is 2. The minimum absolute atomic E-state index is 0.249. The van der Waals surface area contributed by atoms with Gasteiger partial charge in [-0.1, -0.05) is 45.7 Å². The van der Waals surface area contributed by atoms with Gasteiger partial charge in [0.25, 0.3) is 0 Å². The number of sulfone groups is 1. The van der Waals surface area contributed by atoms with Crippen molar-refractivity contribution in [1.29, 1.82) is 0 Å². The second-order valence-corrected chi connectivity index (χ2v) is 6.98. The summed E-state index contributed by atoms with van der Waals surface area (Å²) in [4.78, 5) is 0.249. The molecule has 2 aromatic carbocycles. The second kappa shape index (κ2) is 5.90. The van der Waals surface area contributed by atoms with Crippen molar-refractivity contribution in [2.45, 2.75) is 4.90 Å². The van der Waals surface area contributed by atoms with Crippen LogP contribution in [0.25, 0.3) is 6.08 Å². The lowest BCUT2D eigenvalue weighted by Gasteiger charge is -2.00. The highest BCUT2D eigenvalue weighted by Gasteiger charge is 2.09. The van der Waals surface area contributed by atoms with Crippen molar-refractivity contribution in [1.82, 2.24) is 0 Å². The first-order valence-electron chi connectivity index (χ1n) is 5.42. The van der Waals surface area contributed by atoms with Crippen molar-refractivity contribution in [2.24, 2.45) is 0 Å². The summed E-state index contributed by atoms with van der Waals surface area (Å²) in [5.41, 5.74) is 0.671. The van der Waals surface area contributed by atoms with E-state index in [1.54, 1.807) is 48.5 Å². The molecular weight excluding hydrogens is 348 g/mol. The summed E-state index contributed by atoms with van der Waals surface area (Å²) in [5, 5.41) is 1.68. The van der Waals surface area contributed by atoms with Crippen LogP contribution in [0.4, 0.5) is 0 Å². The van der Waals surface area contributed by atoms with Crippen LogP contribution in [-0.4, -0.2) is 8.42 Å². The summed E-state index contributed by atoms with van der Waals surface area (Å²) < 4.78 is 25.0. The SMILES string of the molecule is O=S(=O)(C=Cc1ccccc1Cl)c1ccc(Br)cc1. The normalized spacial score (nSPS) is 11.9. The summed E-state index contributed by atoms with van der Waals surface area (Å²) in [6.07, 6.45) is 1.50. The van der Waals surface area contributed by atoms with Gasteiger partial charge in [-0.3, -0.25) is 0 Å². The summed E-state index contributed by atoms with van der Waals surface area (Å²) in [6.45, 7) is 0. The van der Waals surface area contributed by atoms with Crippen LogP contribution in [0.5, 0.6) is 0 Å². The molecule has 0 saturated heterocycles. The fourth-order valence-corrected chi connectivity index (χ4v) is 2.94. The molecule has 0 aliphatic heterocycles. The molecule has 0 saturated carbocycles. The molecule has 0 fully saturated rings. The molecule has 0 amide bonds. The molecule has 0 aliphatic carbocycles. The lowest BCUT2D eigenvalue weighted by atomic mass is 10.2. The lowest BCUT2D eigenvalue weighted by molar-refractivity contribution is 0.605. The van der Waals surface area contributed by atoms with E-state index in [4.69, 9.17) is 11.6 Å². The number of halogens is 2. The minimum Gasteiger partial charge on any atom is -0.219 e. The zero-order valence-electron chi connectivity index (χ0n) is 9.75. The summed E-state index contributed by atoms with van der Waals surface area (Å²) >= 11 is 9.23. The molecule has 0 unspecified atom stereocenters. The van der Waals surface area contributed by atoms with Crippen LogP contribution in [-0.2, 0) is 9.84 Å². The van der Waals surface area contributed by atoms with Gasteiger partial charge in [-0.2, -0.15) is 0 Å². The highest BCUT2D eigenvalue weighted by molar-refractivity contribution is 9.10. The molecular formula is C14H10BrClO2S. The molecule has 0 aliphatic rings. The van der Waals surface area contributed by atoms with Crippen molar-refractivity contribution in [2.75, 3.05) is 0 Å². The molecule has 0 heterocycles. The molecule has 2 aromatic rings. The smallest absolute Gasteiger partial charge is 0.199 e. The molecule has 98 valence electrons. The third-order valence-electron chi connectivity index (χ3n) is 2.47. The average molecular weight is 358 g/mol. The second-order valence-electron chi connectivity index (χ2n) is 3.82. The van der Waals surface area contributed by atoms with Crippen LogP contribution in [0.15, 0.2) is 63.3 Å². The van der Waals surface area contributed by atoms with Crippen LogP contribution < -0.4 is 0 Å². The van der Waals surface area contributed by atoms with Gasteiger partial charge in [0.1, 0.15) is 0 Å². The van der Waals surface area contributed by atoms with E-state index in [0.29, 0.717) is 10.6 Å². The molecule has 0 aromatic heterocycles. The van der Waals surface area contributed by atoms with Gasteiger partial charge in [0.2, 0.25) is 0 Å². The van der Waals surface area contributed by atoms with Gasteiger partial charge in [-0.05, 0) is 42.0 Å². The van der Waals surface area contributed by atoms with Gasteiger partial charge in [-0.15, -0.1) is 0 Å². The van der Waals surface area contributed by atoms with E-state index in [1.807, 2.05) is 0 Å². The van der Waals surface area contributed by atoms with Crippen LogP contribution in [0, 0.1) is 0 Å². The highest BCUT2D eigenvalue weighted by atomic mass is 79.9. The Hall–Kier alpha value is -1.10. The fraction of sp³-hybridized carbons (Fsp3) is 0. The number of hydrogen-bond acceptors (Lipinski definition) is 2. The van der Waals surface area contributed by atoms with Crippen molar-refractivity contribution in [3.05, 3.63) is 69.0 Å². The van der Waals surface area contributed by atoms with E-state index in [9.17, 15) is 8.42 Å². The third-order valence-corrected chi connectivity index (χ3v) is 4.77. The Morgan fingerprint density at radius 1 is 1.00 bits per heavy atom. The van der Waals surface area contributed by atoms with Crippen molar-refractivity contribution >= 4 is 43.4 Å². The molecule has 0 spiro atoms. The standard InChI is InChI=1S/C14H10BrClO2S/c15-12-5-7-13(8-6-12)19(17,18)10-9-11-3-1-2-4-14(11)16/h1-10H. The van der Waals surface area contributed by atoms with E-state index in [-0.39, 0.29) is 4.90 Å². The molecule has 2 rings (SSSR count). The largest absolute Gasteiger partial charge is 0.219 e. The number of rotatable bonds is 3. The predicted octanol–water partition coefficient (Wildman–Crippen LogP) is 4.55. The number of hydrogen-bond donors (Lipinski definition) is 0. The zero-order chi connectivity index (χ0) is 13.9. The lowest BCUT2D eigenvalue weighted by Crippen LogP contribution is -1.95. The minimum atomic E-state index is -3.45. The first-order valence-corrected chi connectivity index (χ1v) is 8.14. The third kappa shape index (κ3) is 3.69. The van der Waals surface area contributed by atoms with E-state index in [0.717, 1.165) is 9.88 Å². The van der Waals surface area contributed by atoms with Crippen molar-refractivity contribution < 1.29 is 8.42 Å². The van der Waals surface area contributed by atoms with Crippen LogP contribution in [0.3, 0.4) is 0 Å². The fourth-order valence-electron chi connectivity index (χ4n) is 1.48. The Kier molecular flexibility index (Phi) is 4.45. The van der Waals surface area contributed by atoms with Crippen LogP contribution >= 0.6 is 27.5 Å². The Labute approximate surface area is 125 Å². The molecule has 2 nitrogen and oxygen atoms in total.